The number of aliphatic hydroxyl groups excluding tert-OH is 1. The normalized spacial score (nSPS) is 13.5. The number of rotatable bonds is 17. The van der Waals surface area contributed by atoms with Gasteiger partial charge in [-0.2, -0.15) is 0 Å². The number of carbonyl (C=O) groups excluding carboxylic acids is 2. The molecule has 3 aromatic carbocycles. The number of hydrogen-bond donors (Lipinski definition) is 3. The van der Waals surface area contributed by atoms with Crippen LogP contribution in [0.15, 0.2) is 60.7 Å². The molecular formula is C41H58N2O5. The highest BCUT2D eigenvalue weighted by atomic mass is 16.5. The van der Waals surface area contributed by atoms with Gasteiger partial charge in [0.2, 0.25) is 5.78 Å². The number of nitrogens with two attached hydrogens (primary N) is 1. The van der Waals surface area contributed by atoms with Gasteiger partial charge in [0.1, 0.15) is 17.2 Å². The summed E-state index contributed by atoms with van der Waals surface area (Å²) in [7, 11) is 0. The third-order valence-electron chi connectivity index (χ3n) is 10.2. The van der Waals surface area contributed by atoms with Crippen molar-refractivity contribution >= 4 is 17.4 Å². The van der Waals surface area contributed by atoms with Gasteiger partial charge in [-0.1, -0.05) is 99.9 Å². The summed E-state index contributed by atoms with van der Waals surface area (Å²) in [5.74, 6) is 0.554. The number of carbonyl (C=O) groups is 2. The number of aliphatic hydroxyl groups is 1. The molecule has 1 amide bonds. The zero-order valence-corrected chi connectivity index (χ0v) is 30.8. The Morgan fingerprint density at radius 3 is 1.92 bits per heavy atom. The Bertz CT molecular complexity index is 1540. The minimum absolute atomic E-state index is 0.00236. The van der Waals surface area contributed by atoms with Gasteiger partial charge in [-0.05, 0) is 89.8 Å². The molecule has 3 aromatic rings. The van der Waals surface area contributed by atoms with E-state index >= 15 is 0 Å². The molecule has 7 nitrogen and oxygen atoms in total. The molecule has 0 fully saturated rings. The fourth-order valence-corrected chi connectivity index (χ4v) is 5.35. The van der Waals surface area contributed by atoms with Crippen molar-refractivity contribution in [2.24, 2.45) is 5.73 Å². The van der Waals surface area contributed by atoms with Crippen LogP contribution in [0.25, 0.3) is 0 Å². The Labute approximate surface area is 288 Å². The van der Waals surface area contributed by atoms with Gasteiger partial charge in [0.25, 0.3) is 5.91 Å². The quantitative estimate of drug-likeness (QED) is 0.0984. The Balaban J connectivity index is 2.10. The summed E-state index contributed by atoms with van der Waals surface area (Å²) in [5.41, 5.74) is 9.40. The van der Waals surface area contributed by atoms with E-state index in [4.69, 9.17) is 15.2 Å². The lowest BCUT2D eigenvalue weighted by Crippen LogP contribution is -2.35. The zero-order chi connectivity index (χ0) is 35.9. The Hall–Kier alpha value is -3.68. The van der Waals surface area contributed by atoms with Crippen molar-refractivity contribution in [2.45, 2.75) is 136 Å². The van der Waals surface area contributed by atoms with Crippen LogP contribution in [0.5, 0.6) is 17.2 Å². The van der Waals surface area contributed by atoms with Crippen LogP contribution in [0.4, 0.5) is 5.69 Å². The van der Waals surface area contributed by atoms with E-state index in [0.29, 0.717) is 29.2 Å². The topological polar surface area (TPSA) is 111 Å². The van der Waals surface area contributed by atoms with E-state index in [0.717, 1.165) is 37.7 Å². The molecule has 262 valence electrons. The third-order valence-corrected chi connectivity index (χ3v) is 10.2. The van der Waals surface area contributed by atoms with Gasteiger partial charge >= 0.3 is 0 Å². The Morgan fingerprint density at radius 2 is 1.35 bits per heavy atom. The molecule has 0 aliphatic rings. The van der Waals surface area contributed by atoms with E-state index in [2.05, 4.69) is 86.7 Å². The predicted octanol–water partition coefficient (Wildman–Crippen LogP) is 9.58. The number of unbranched alkanes of at least 4 members (excludes halogenated alkanes) is 1. The lowest BCUT2D eigenvalue weighted by molar-refractivity contribution is -0.123. The van der Waals surface area contributed by atoms with Crippen LogP contribution in [0.2, 0.25) is 0 Å². The molecule has 0 heterocycles. The lowest BCUT2D eigenvalue weighted by Gasteiger charge is -2.31. The van der Waals surface area contributed by atoms with E-state index in [1.54, 1.807) is 18.2 Å². The van der Waals surface area contributed by atoms with Crippen LogP contribution in [-0.4, -0.2) is 29.1 Å². The summed E-state index contributed by atoms with van der Waals surface area (Å²) in [6, 6.07) is 19.1. The average molecular weight is 659 g/mol. The molecule has 0 aliphatic heterocycles. The first-order valence-electron chi connectivity index (χ1n) is 17.5. The number of amides is 1. The van der Waals surface area contributed by atoms with E-state index in [9.17, 15) is 14.7 Å². The van der Waals surface area contributed by atoms with Gasteiger partial charge in [-0.3, -0.25) is 15.3 Å². The van der Waals surface area contributed by atoms with Crippen molar-refractivity contribution in [1.29, 1.82) is 0 Å². The van der Waals surface area contributed by atoms with Gasteiger partial charge in [0, 0.05) is 17.3 Å². The highest BCUT2D eigenvalue weighted by Crippen LogP contribution is 2.40. The molecule has 0 saturated heterocycles. The molecular weight excluding hydrogens is 600 g/mol. The molecule has 3 rings (SSSR count). The van der Waals surface area contributed by atoms with Gasteiger partial charge in [-0.25, -0.2) is 0 Å². The van der Waals surface area contributed by atoms with Crippen LogP contribution >= 0.6 is 0 Å². The van der Waals surface area contributed by atoms with E-state index < -0.39 is 18.2 Å². The van der Waals surface area contributed by atoms with Crippen molar-refractivity contribution in [1.82, 2.24) is 0 Å². The van der Waals surface area contributed by atoms with Gasteiger partial charge < -0.3 is 19.9 Å². The summed E-state index contributed by atoms with van der Waals surface area (Å²) < 4.78 is 13.1. The fraction of sp³-hybridized carbons (Fsp3) is 0.512. The molecule has 7 heteroatoms. The first-order chi connectivity index (χ1) is 22.5. The number of nitrogens with one attached hydrogen (secondary N) is 1. The van der Waals surface area contributed by atoms with E-state index in [1.807, 2.05) is 30.3 Å². The SMILES string of the molecule is CCCCC(Oc1ccc(C(C)(C)CC)cc1C(C)(C)CC)C(=O)c1ccc(NC(=O)C(N)O)cc1Oc1ccc(C(C)(C)CC)cc1. The second-order valence-corrected chi connectivity index (χ2v) is 14.8. The van der Waals surface area contributed by atoms with Crippen molar-refractivity contribution in [2.75, 3.05) is 5.32 Å². The molecule has 0 bridgehead atoms. The number of hydrogen-bond acceptors (Lipinski definition) is 6. The first-order valence-corrected chi connectivity index (χ1v) is 17.5. The van der Waals surface area contributed by atoms with Crippen molar-refractivity contribution < 1.29 is 24.2 Å². The first kappa shape index (κ1) is 38.8. The number of Topliss-reactive ketones (excluding diaryl/α,β-unsaturated/α-hetero) is 1. The fourth-order valence-electron chi connectivity index (χ4n) is 5.35. The van der Waals surface area contributed by atoms with Crippen LogP contribution in [-0.2, 0) is 21.0 Å². The smallest absolute Gasteiger partial charge is 0.268 e. The second-order valence-electron chi connectivity index (χ2n) is 14.8. The maximum absolute atomic E-state index is 14.5. The molecule has 0 saturated carbocycles. The molecule has 0 spiro atoms. The number of anilines is 1. The second kappa shape index (κ2) is 16.1. The van der Waals surface area contributed by atoms with Crippen molar-refractivity contribution in [3.63, 3.8) is 0 Å². The number of benzene rings is 3. The van der Waals surface area contributed by atoms with E-state index in [1.165, 1.54) is 11.1 Å². The highest BCUT2D eigenvalue weighted by Gasteiger charge is 2.31. The molecule has 0 radical (unpaired) electrons. The summed E-state index contributed by atoms with van der Waals surface area (Å²) in [6.45, 7) is 21.9. The van der Waals surface area contributed by atoms with Gasteiger partial charge in [-0.15, -0.1) is 0 Å². The molecule has 2 atom stereocenters. The molecule has 0 aromatic heterocycles. The van der Waals surface area contributed by atoms with Crippen LogP contribution < -0.4 is 20.5 Å². The summed E-state index contributed by atoms with van der Waals surface area (Å²) in [6.07, 6.45) is 2.67. The summed E-state index contributed by atoms with van der Waals surface area (Å²) in [5, 5.41) is 12.2. The Morgan fingerprint density at radius 1 is 0.771 bits per heavy atom. The van der Waals surface area contributed by atoms with Crippen LogP contribution in [0, 0.1) is 0 Å². The van der Waals surface area contributed by atoms with Gasteiger partial charge in [0.15, 0.2) is 12.3 Å². The monoisotopic (exact) mass is 658 g/mol. The molecule has 48 heavy (non-hydrogen) atoms. The maximum Gasteiger partial charge on any atom is 0.268 e. The Kier molecular flexibility index (Phi) is 13.0. The minimum Gasteiger partial charge on any atom is -0.482 e. The number of ketones is 1. The maximum atomic E-state index is 14.5. The highest BCUT2D eigenvalue weighted by molar-refractivity contribution is 6.03. The summed E-state index contributed by atoms with van der Waals surface area (Å²) in [4.78, 5) is 26.7. The van der Waals surface area contributed by atoms with E-state index in [-0.39, 0.29) is 27.8 Å². The average Bonchev–Trinajstić information content (AvgIpc) is 3.06. The van der Waals surface area contributed by atoms with Crippen molar-refractivity contribution in [3.05, 3.63) is 82.9 Å². The standard InChI is InChI=1S/C41H58N2O5/c1-11-15-16-34(48-33-24-19-28(40(7,8)13-3)25-32(33)41(9,10)14-4)36(44)31-23-20-29(43-38(46)37(42)45)26-35(31)47-30-21-17-27(18-22-30)39(5,6)12-2/h17-26,34,37,45H,11-16,42H2,1-10H3,(H,43,46). The van der Waals surface area contributed by atoms with Crippen LogP contribution in [0.1, 0.15) is 135 Å². The molecule has 4 N–H and O–H groups in total. The van der Waals surface area contributed by atoms with Crippen molar-refractivity contribution in [3.8, 4) is 17.2 Å². The number of ether oxygens (including phenoxy) is 2. The third kappa shape index (κ3) is 9.48. The lowest BCUT2D eigenvalue weighted by atomic mass is 9.76. The molecule has 2 unspecified atom stereocenters. The van der Waals surface area contributed by atoms with Crippen LogP contribution in [0.3, 0.4) is 0 Å². The van der Waals surface area contributed by atoms with Gasteiger partial charge in [0.05, 0.1) is 5.56 Å². The minimum atomic E-state index is -1.69. The zero-order valence-electron chi connectivity index (χ0n) is 30.8. The predicted molar refractivity (Wildman–Crippen MR) is 196 cm³/mol. The summed E-state index contributed by atoms with van der Waals surface area (Å²) >= 11 is 0. The largest absolute Gasteiger partial charge is 0.482 e. The molecule has 0 aliphatic carbocycles.